The largest absolute Gasteiger partial charge is 0.327 e. The lowest BCUT2D eigenvalue weighted by Crippen LogP contribution is -2.29. The smallest absolute Gasteiger partial charge is 0.134 e. The number of hydrogen-bond donors (Lipinski definition) is 1. The van der Waals surface area contributed by atoms with Crippen molar-refractivity contribution in [1.82, 2.24) is 9.78 Å². The molecular formula is C14H25N3O. The van der Waals surface area contributed by atoms with Crippen molar-refractivity contribution in [3.8, 4) is 0 Å². The van der Waals surface area contributed by atoms with Crippen LogP contribution in [0.15, 0.2) is 12.4 Å². The molecule has 4 nitrogen and oxygen atoms in total. The minimum absolute atomic E-state index is 0.0219. The number of Topliss-reactive ketones (excluding diaryl/α,β-unsaturated/α-hetero) is 1. The molecule has 1 heterocycles. The Morgan fingerprint density at radius 2 is 2.17 bits per heavy atom. The van der Waals surface area contributed by atoms with Crippen LogP contribution in [0, 0.1) is 5.41 Å². The first-order valence-electron chi connectivity index (χ1n) is 6.51. The molecule has 18 heavy (non-hydrogen) atoms. The van der Waals surface area contributed by atoms with Gasteiger partial charge in [0, 0.05) is 32.1 Å². The standard InChI is InChI=1S/C14H25N3O/c1-14(2,3)8-12(15)7-13(18)6-5-11-9-16-17(4)10-11/h9-10,12H,5-8,15H2,1-4H3. The first-order chi connectivity index (χ1) is 8.26. The summed E-state index contributed by atoms with van der Waals surface area (Å²) in [5, 5.41) is 4.08. The first-order valence-corrected chi connectivity index (χ1v) is 6.51. The highest BCUT2D eigenvalue weighted by atomic mass is 16.1. The molecule has 2 N–H and O–H groups in total. The van der Waals surface area contributed by atoms with E-state index in [9.17, 15) is 4.79 Å². The molecule has 0 aliphatic rings. The van der Waals surface area contributed by atoms with Gasteiger partial charge in [0.05, 0.1) is 6.20 Å². The number of aryl methyl sites for hydroxylation is 2. The van der Waals surface area contributed by atoms with Gasteiger partial charge in [-0.25, -0.2) is 0 Å². The van der Waals surface area contributed by atoms with Crippen molar-refractivity contribution in [2.45, 2.75) is 52.5 Å². The van der Waals surface area contributed by atoms with E-state index in [1.165, 1.54) is 0 Å². The summed E-state index contributed by atoms with van der Waals surface area (Å²) in [5.41, 5.74) is 7.29. The molecule has 0 radical (unpaired) electrons. The van der Waals surface area contributed by atoms with Crippen LogP contribution >= 0.6 is 0 Å². The highest BCUT2D eigenvalue weighted by Crippen LogP contribution is 2.21. The van der Waals surface area contributed by atoms with Crippen LogP contribution in [0.25, 0.3) is 0 Å². The van der Waals surface area contributed by atoms with Gasteiger partial charge in [0.2, 0.25) is 0 Å². The Labute approximate surface area is 110 Å². The Balaban J connectivity index is 2.29. The maximum Gasteiger partial charge on any atom is 0.134 e. The van der Waals surface area contributed by atoms with Crippen LogP contribution in [0.5, 0.6) is 0 Å². The van der Waals surface area contributed by atoms with Gasteiger partial charge in [-0.1, -0.05) is 20.8 Å². The fourth-order valence-corrected chi connectivity index (χ4v) is 2.14. The van der Waals surface area contributed by atoms with Gasteiger partial charge in [0.25, 0.3) is 0 Å². The summed E-state index contributed by atoms with van der Waals surface area (Å²) < 4.78 is 1.76. The lowest BCUT2D eigenvalue weighted by molar-refractivity contribution is -0.119. The number of hydrogen-bond acceptors (Lipinski definition) is 3. The molecule has 4 heteroatoms. The highest BCUT2D eigenvalue weighted by molar-refractivity contribution is 5.79. The molecule has 0 amide bonds. The zero-order valence-electron chi connectivity index (χ0n) is 11.9. The SMILES string of the molecule is Cn1cc(CCC(=O)CC(N)CC(C)(C)C)cn1. The summed E-state index contributed by atoms with van der Waals surface area (Å²) >= 11 is 0. The molecular weight excluding hydrogens is 226 g/mol. The van der Waals surface area contributed by atoms with Crippen LogP contribution < -0.4 is 5.73 Å². The minimum atomic E-state index is -0.0219. The maximum absolute atomic E-state index is 11.8. The second-order valence-corrected chi connectivity index (χ2v) is 6.29. The molecule has 1 aromatic heterocycles. The molecule has 1 unspecified atom stereocenters. The predicted octanol–water partition coefficient (Wildman–Crippen LogP) is 2.08. The average Bonchev–Trinajstić information content (AvgIpc) is 2.58. The zero-order chi connectivity index (χ0) is 13.8. The third kappa shape index (κ3) is 5.96. The van der Waals surface area contributed by atoms with E-state index in [0.29, 0.717) is 12.8 Å². The number of carbonyl (C=O) groups excluding carboxylic acids is 1. The third-order valence-electron chi connectivity index (χ3n) is 2.82. The number of carbonyl (C=O) groups is 1. The number of ketones is 1. The van der Waals surface area contributed by atoms with Crippen LogP contribution in [0.1, 0.15) is 45.6 Å². The van der Waals surface area contributed by atoms with Crippen LogP contribution in [-0.4, -0.2) is 21.6 Å². The van der Waals surface area contributed by atoms with Gasteiger partial charge in [0.1, 0.15) is 5.78 Å². The Bertz CT molecular complexity index is 390. The molecule has 0 spiro atoms. The molecule has 0 fully saturated rings. The van der Waals surface area contributed by atoms with E-state index in [-0.39, 0.29) is 17.2 Å². The van der Waals surface area contributed by atoms with E-state index in [4.69, 9.17) is 5.73 Å². The summed E-state index contributed by atoms with van der Waals surface area (Å²) in [7, 11) is 1.88. The van der Waals surface area contributed by atoms with Gasteiger partial charge in [-0.3, -0.25) is 9.48 Å². The summed E-state index contributed by atoms with van der Waals surface area (Å²) in [6.45, 7) is 6.44. The zero-order valence-corrected chi connectivity index (χ0v) is 11.9. The molecule has 0 aliphatic carbocycles. The van der Waals surface area contributed by atoms with Crippen molar-refractivity contribution in [2.75, 3.05) is 0 Å². The fourth-order valence-electron chi connectivity index (χ4n) is 2.14. The minimum Gasteiger partial charge on any atom is -0.327 e. The summed E-state index contributed by atoms with van der Waals surface area (Å²) in [4.78, 5) is 11.8. The number of aromatic nitrogens is 2. The number of rotatable bonds is 6. The molecule has 1 rings (SSSR count). The van der Waals surface area contributed by atoms with E-state index in [0.717, 1.165) is 18.4 Å². The normalized spacial score (nSPS) is 13.6. The van der Waals surface area contributed by atoms with E-state index in [1.807, 2.05) is 19.4 Å². The maximum atomic E-state index is 11.8. The van der Waals surface area contributed by atoms with Crippen molar-refractivity contribution >= 4 is 5.78 Å². The predicted molar refractivity (Wildman–Crippen MR) is 73.2 cm³/mol. The van der Waals surface area contributed by atoms with E-state index in [1.54, 1.807) is 4.68 Å². The van der Waals surface area contributed by atoms with Crippen molar-refractivity contribution in [1.29, 1.82) is 0 Å². The fraction of sp³-hybridized carbons (Fsp3) is 0.714. The van der Waals surface area contributed by atoms with Gasteiger partial charge >= 0.3 is 0 Å². The van der Waals surface area contributed by atoms with Crippen molar-refractivity contribution in [3.05, 3.63) is 18.0 Å². The first kappa shape index (κ1) is 14.9. The Morgan fingerprint density at radius 3 is 2.67 bits per heavy atom. The van der Waals surface area contributed by atoms with Crippen molar-refractivity contribution < 1.29 is 4.79 Å². The summed E-state index contributed by atoms with van der Waals surface area (Å²) in [6, 6.07) is -0.0219. The third-order valence-corrected chi connectivity index (χ3v) is 2.82. The summed E-state index contributed by atoms with van der Waals surface area (Å²) in [6.07, 6.45) is 6.44. The Morgan fingerprint density at radius 1 is 1.50 bits per heavy atom. The lowest BCUT2D eigenvalue weighted by Gasteiger charge is -2.22. The molecule has 0 aliphatic heterocycles. The molecule has 0 saturated heterocycles. The van der Waals surface area contributed by atoms with Gasteiger partial charge in [-0.2, -0.15) is 5.10 Å². The highest BCUT2D eigenvalue weighted by Gasteiger charge is 2.18. The van der Waals surface area contributed by atoms with E-state index >= 15 is 0 Å². The van der Waals surface area contributed by atoms with E-state index < -0.39 is 0 Å². The number of nitrogens with zero attached hydrogens (tertiary/aromatic N) is 2. The molecule has 1 atom stereocenters. The second kappa shape index (κ2) is 6.14. The second-order valence-electron chi connectivity index (χ2n) is 6.29. The Kier molecular flexibility index (Phi) is 5.08. The van der Waals surface area contributed by atoms with Crippen molar-refractivity contribution in [2.24, 2.45) is 18.2 Å². The molecule has 1 aromatic rings. The topological polar surface area (TPSA) is 60.9 Å². The van der Waals surface area contributed by atoms with Crippen LogP contribution in [0.2, 0.25) is 0 Å². The van der Waals surface area contributed by atoms with Crippen LogP contribution in [0.4, 0.5) is 0 Å². The monoisotopic (exact) mass is 251 g/mol. The van der Waals surface area contributed by atoms with Gasteiger partial charge in [-0.15, -0.1) is 0 Å². The van der Waals surface area contributed by atoms with Crippen molar-refractivity contribution in [3.63, 3.8) is 0 Å². The van der Waals surface area contributed by atoms with Gasteiger partial charge in [0.15, 0.2) is 0 Å². The quantitative estimate of drug-likeness (QED) is 0.842. The lowest BCUT2D eigenvalue weighted by atomic mass is 9.86. The summed E-state index contributed by atoms with van der Waals surface area (Å²) in [5.74, 6) is 0.246. The molecule has 0 aromatic carbocycles. The molecule has 102 valence electrons. The van der Waals surface area contributed by atoms with Crippen LogP contribution in [0.3, 0.4) is 0 Å². The number of nitrogens with two attached hydrogens (primary N) is 1. The van der Waals surface area contributed by atoms with Crippen LogP contribution in [-0.2, 0) is 18.3 Å². The molecule has 0 saturated carbocycles. The Hall–Kier alpha value is -1.16. The van der Waals surface area contributed by atoms with Gasteiger partial charge in [-0.05, 0) is 23.8 Å². The van der Waals surface area contributed by atoms with Gasteiger partial charge < -0.3 is 5.73 Å². The van der Waals surface area contributed by atoms with E-state index in [2.05, 4.69) is 25.9 Å². The molecule has 0 bridgehead atoms. The average molecular weight is 251 g/mol.